The summed E-state index contributed by atoms with van der Waals surface area (Å²) in [5, 5.41) is 9.68. The Morgan fingerprint density at radius 3 is 2.48 bits per heavy atom. The number of aromatic amines is 2. The molecule has 0 bridgehead atoms. The summed E-state index contributed by atoms with van der Waals surface area (Å²) in [5.74, 6) is -1.70. The topological polar surface area (TPSA) is 144 Å². The molecule has 31 heavy (non-hydrogen) atoms. The van der Waals surface area contributed by atoms with Crippen LogP contribution in [0.3, 0.4) is 0 Å². The molecule has 4 N–H and O–H groups in total. The van der Waals surface area contributed by atoms with Gasteiger partial charge in [0, 0.05) is 18.7 Å². The first-order valence-electron chi connectivity index (χ1n) is 9.60. The second kappa shape index (κ2) is 8.27. The minimum Gasteiger partial charge on any atom is -0.347 e. The van der Waals surface area contributed by atoms with Crippen molar-refractivity contribution in [2.24, 2.45) is 5.92 Å². The molecule has 3 amide bonds. The van der Waals surface area contributed by atoms with Crippen molar-refractivity contribution >= 4 is 39.9 Å². The van der Waals surface area contributed by atoms with Crippen molar-refractivity contribution in [3.8, 4) is 0 Å². The Morgan fingerprint density at radius 1 is 0.968 bits per heavy atom. The summed E-state index contributed by atoms with van der Waals surface area (Å²) < 4.78 is 0. The summed E-state index contributed by atoms with van der Waals surface area (Å²) in [7, 11) is 0. The average molecular weight is 421 g/mol. The molecule has 1 aliphatic heterocycles. The Bertz CT molecular complexity index is 1280. The fourth-order valence-electron chi connectivity index (χ4n) is 3.58. The molecule has 4 rings (SSSR count). The predicted octanol–water partition coefficient (Wildman–Crippen LogP) is 0.324. The van der Waals surface area contributed by atoms with Gasteiger partial charge in [-0.25, -0.2) is 0 Å². The van der Waals surface area contributed by atoms with E-state index in [9.17, 15) is 24.0 Å². The van der Waals surface area contributed by atoms with Crippen LogP contribution < -0.4 is 26.7 Å². The second-order valence-electron chi connectivity index (χ2n) is 7.14. The zero-order chi connectivity index (χ0) is 22.0. The minimum absolute atomic E-state index is 0.0471. The zero-order valence-electron chi connectivity index (χ0n) is 16.3. The monoisotopic (exact) mass is 421 g/mol. The molecule has 1 aliphatic rings. The number of rotatable bonds is 5. The van der Waals surface area contributed by atoms with Gasteiger partial charge in [0.1, 0.15) is 0 Å². The van der Waals surface area contributed by atoms with Gasteiger partial charge >= 0.3 is 0 Å². The Morgan fingerprint density at radius 2 is 1.71 bits per heavy atom. The van der Waals surface area contributed by atoms with Crippen LogP contribution in [-0.2, 0) is 14.4 Å². The Labute approximate surface area is 175 Å². The third kappa shape index (κ3) is 4.08. The summed E-state index contributed by atoms with van der Waals surface area (Å²) in [4.78, 5) is 62.5. The number of aromatic nitrogens is 2. The molecule has 1 fully saturated rings. The van der Waals surface area contributed by atoms with E-state index in [0.717, 1.165) is 5.69 Å². The molecular weight excluding hydrogens is 402 g/mol. The van der Waals surface area contributed by atoms with Crippen LogP contribution in [0.2, 0.25) is 0 Å². The number of benzene rings is 2. The lowest BCUT2D eigenvalue weighted by atomic mass is 10.1. The smallest absolute Gasteiger partial charge is 0.272 e. The number of H-pyrrole nitrogens is 2. The predicted molar refractivity (Wildman–Crippen MR) is 114 cm³/mol. The van der Waals surface area contributed by atoms with E-state index in [4.69, 9.17) is 0 Å². The lowest BCUT2D eigenvalue weighted by Crippen LogP contribution is -2.38. The van der Waals surface area contributed by atoms with Crippen LogP contribution >= 0.6 is 0 Å². The van der Waals surface area contributed by atoms with E-state index in [1.54, 1.807) is 17.0 Å². The lowest BCUT2D eigenvalue weighted by molar-refractivity contribution is -0.127. The number of carbonyl (C=O) groups is 3. The lowest BCUT2D eigenvalue weighted by Gasteiger charge is -2.16. The van der Waals surface area contributed by atoms with Crippen molar-refractivity contribution in [1.29, 1.82) is 0 Å². The SMILES string of the molecule is O=C(CNC(=O)C1CC(=O)N(c2ccccc2)C1)Nc1cccc2c(=O)[nH][nH]c(=O)c12. The zero-order valence-corrected chi connectivity index (χ0v) is 16.3. The molecule has 10 nitrogen and oxygen atoms in total. The molecule has 10 heteroatoms. The van der Waals surface area contributed by atoms with E-state index in [1.165, 1.54) is 18.2 Å². The molecule has 2 aromatic carbocycles. The molecule has 0 aliphatic carbocycles. The number of anilines is 2. The molecule has 1 aromatic heterocycles. The number of amides is 3. The van der Waals surface area contributed by atoms with Crippen LogP contribution in [0.15, 0.2) is 58.1 Å². The van der Waals surface area contributed by atoms with Crippen molar-refractivity contribution in [2.75, 3.05) is 23.3 Å². The fourth-order valence-corrected chi connectivity index (χ4v) is 3.58. The first kappa shape index (κ1) is 20.1. The third-order valence-electron chi connectivity index (χ3n) is 5.09. The summed E-state index contributed by atoms with van der Waals surface area (Å²) in [6.45, 7) is -0.107. The van der Waals surface area contributed by atoms with Gasteiger partial charge < -0.3 is 15.5 Å². The van der Waals surface area contributed by atoms with Crippen molar-refractivity contribution in [1.82, 2.24) is 15.5 Å². The van der Waals surface area contributed by atoms with Crippen LogP contribution in [0.4, 0.5) is 11.4 Å². The second-order valence-corrected chi connectivity index (χ2v) is 7.14. The van der Waals surface area contributed by atoms with Crippen LogP contribution in [0, 0.1) is 5.92 Å². The number of fused-ring (bicyclic) bond motifs is 1. The van der Waals surface area contributed by atoms with Gasteiger partial charge in [0.25, 0.3) is 11.1 Å². The van der Waals surface area contributed by atoms with Crippen LogP contribution in [0.1, 0.15) is 6.42 Å². The molecule has 0 radical (unpaired) electrons. The Hall–Kier alpha value is -4.21. The number of nitrogens with zero attached hydrogens (tertiary/aromatic N) is 1. The van der Waals surface area contributed by atoms with Gasteiger partial charge in [0.15, 0.2) is 0 Å². The van der Waals surface area contributed by atoms with Crippen LogP contribution in [-0.4, -0.2) is 41.0 Å². The first-order chi connectivity index (χ1) is 14.9. The first-order valence-corrected chi connectivity index (χ1v) is 9.60. The highest BCUT2D eigenvalue weighted by Crippen LogP contribution is 2.24. The molecule has 0 saturated carbocycles. The van der Waals surface area contributed by atoms with Gasteiger partial charge in [-0.2, -0.15) is 0 Å². The molecule has 1 unspecified atom stereocenters. The number of hydrogen-bond acceptors (Lipinski definition) is 5. The Balaban J connectivity index is 1.39. The van der Waals surface area contributed by atoms with Gasteiger partial charge in [0.05, 0.1) is 28.9 Å². The molecule has 0 spiro atoms. The third-order valence-corrected chi connectivity index (χ3v) is 5.09. The standard InChI is InChI=1S/C21H19N5O5/c27-16(23-15-8-4-7-14-18(15)21(31)25-24-20(14)30)10-22-19(29)12-9-17(28)26(11-12)13-5-2-1-3-6-13/h1-8,12H,9-11H2,(H,22,29)(H,23,27)(H,24,30)(H,25,31). The van der Waals surface area contributed by atoms with Gasteiger partial charge in [-0.15, -0.1) is 0 Å². The molecule has 2 heterocycles. The number of hydrogen-bond donors (Lipinski definition) is 4. The molecule has 158 valence electrons. The summed E-state index contributed by atoms with van der Waals surface area (Å²) in [6, 6.07) is 13.5. The van der Waals surface area contributed by atoms with E-state index >= 15 is 0 Å². The van der Waals surface area contributed by atoms with E-state index in [1.807, 2.05) is 18.2 Å². The van der Waals surface area contributed by atoms with Gasteiger partial charge in [-0.3, -0.25) is 34.2 Å². The van der Waals surface area contributed by atoms with E-state index in [0.29, 0.717) is 0 Å². The highest BCUT2D eigenvalue weighted by molar-refractivity contribution is 6.04. The summed E-state index contributed by atoms with van der Waals surface area (Å²) in [6.07, 6.45) is 0.0593. The summed E-state index contributed by atoms with van der Waals surface area (Å²) in [5.41, 5.74) is -0.167. The average Bonchev–Trinajstić information content (AvgIpc) is 3.17. The van der Waals surface area contributed by atoms with Gasteiger partial charge in [-0.05, 0) is 24.3 Å². The van der Waals surface area contributed by atoms with Gasteiger partial charge in [-0.1, -0.05) is 24.3 Å². The van der Waals surface area contributed by atoms with Crippen LogP contribution in [0.25, 0.3) is 10.8 Å². The van der Waals surface area contributed by atoms with E-state index in [-0.39, 0.29) is 41.9 Å². The van der Waals surface area contributed by atoms with Crippen molar-refractivity contribution < 1.29 is 14.4 Å². The van der Waals surface area contributed by atoms with Crippen LogP contribution in [0.5, 0.6) is 0 Å². The van der Waals surface area contributed by atoms with E-state index in [2.05, 4.69) is 20.8 Å². The number of para-hydroxylation sites is 1. The molecule has 3 aromatic rings. The molecule has 1 saturated heterocycles. The Kier molecular flexibility index (Phi) is 5.35. The molecular formula is C21H19N5O5. The van der Waals surface area contributed by atoms with Gasteiger partial charge in [0.2, 0.25) is 17.7 Å². The largest absolute Gasteiger partial charge is 0.347 e. The fraction of sp³-hybridized carbons (Fsp3) is 0.190. The highest BCUT2D eigenvalue weighted by atomic mass is 16.2. The molecule has 1 atom stereocenters. The summed E-state index contributed by atoms with van der Waals surface area (Å²) >= 11 is 0. The maximum absolute atomic E-state index is 12.5. The quantitative estimate of drug-likeness (QED) is 0.469. The maximum atomic E-state index is 12.5. The minimum atomic E-state index is -0.570. The normalized spacial score (nSPS) is 15.8. The highest BCUT2D eigenvalue weighted by Gasteiger charge is 2.35. The van der Waals surface area contributed by atoms with Crippen molar-refractivity contribution in [2.45, 2.75) is 6.42 Å². The van der Waals surface area contributed by atoms with Crippen molar-refractivity contribution in [3.63, 3.8) is 0 Å². The van der Waals surface area contributed by atoms with Crippen molar-refractivity contribution in [3.05, 3.63) is 69.2 Å². The number of carbonyl (C=O) groups excluding carboxylic acids is 3. The van der Waals surface area contributed by atoms with E-state index < -0.39 is 28.9 Å². The number of nitrogens with one attached hydrogen (secondary N) is 4. The maximum Gasteiger partial charge on any atom is 0.272 e.